The largest absolute Gasteiger partial charge is 0.493 e. The van der Waals surface area contributed by atoms with E-state index in [4.69, 9.17) is 15.4 Å². The van der Waals surface area contributed by atoms with Crippen molar-refractivity contribution < 1.29 is 18.1 Å². The van der Waals surface area contributed by atoms with Gasteiger partial charge in [0.15, 0.2) is 0 Å². The number of nitro benzene ring substituents is 1. The molecule has 1 unspecified atom stereocenters. The van der Waals surface area contributed by atoms with Gasteiger partial charge < -0.3 is 4.74 Å². The van der Waals surface area contributed by atoms with Crippen molar-refractivity contribution in [2.24, 2.45) is 5.92 Å². The number of non-ortho nitro benzene ring substituents is 1. The van der Waals surface area contributed by atoms with Gasteiger partial charge in [0.25, 0.3) is 5.69 Å². The fraction of sp³-hybridized carbons (Fsp3) is 0.455. The predicted octanol–water partition coefficient (Wildman–Crippen LogP) is 2.57. The Kier molecular flexibility index (Phi) is 5.56. The van der Waals surface area contributed by atoms with Crippen LogP contribution in [-0.2, 0) is 9.05 Å². The predicted molar refractivity (Wildman–Crippen MR) is 72.0 cm³/mol. The molecular formula is C11H14ClNO5S. The third-order valence-corrected chi connectivity index (χ3v) is 3.79. The molecule has 0 aromatic heterocycles. The zero-order valence-corrected chi connectivity index (χ0v) is 11.9. The van der Waals surface area contributed by atoms with Crippen molar-refractivity contribution in [3.8, 4) is 5.75 Å². The van der Waals surface area contributed by atoms with Crippen LogP contribution in [0.1, 0.15) is 13.3 Å². The minimum Gasteiger partial charge on any atom is -0.493 e. The molecule has 1 aromatic carbocycles. The minimum atomic E-state index is -3.55. The maximum absolute atomic E-state index is 11.0. The molecule has 0 aliphatic carbocycles. The van der Waals surface area contributed by atoms with E-state index >= 15 is 0 Å². The third kappa shape index (κ3) is 5.89. The Morgan fingerprint density at radius 2 is 1.95 bits per heavy atom. The fourth-order valence-corrected chi connectivity index (χ4v) is 2.87. The summed E-state index contributed by atoms with van der Waals surface area (Å²) in [5.41, 5.74) is -0.0253. The Bertz CT molecular complexity index is 529. The van der Waals surface area contributed by atoms with Crippen LogP contribution < -0.4 is 4.74 Å². The number of hydrogen-bond acceptors (Lipinski definition) is 5. The number of rotatable bonds is 7. The highest BCUT2D eigenvalue weighted by molar-refractivity contribution is 8.13. The summed E-state index contributed by atoms with van der Waals surface area (Å²) in [4.78, 5) is 9.96. The second-order valence-corrected chi connectivity index (χ2v) is 6.86. The van der Waals surface area contributed by atoms with Crippen LogP contribution >= 0.6 is 10.7 Å². The van der Waals surface area contributed by atoms with E-state index in [0.29, 0.717) is 12.2 Å². The molecule has 1 rings (SSSR count). The van der Waals surface area contributed by atoms with Crippen molar-refractivity contribution >= 4 is 25.4 Å². The normalized spacial score (nSPS) is 12.9. The zero-order chi connectivity index (χ0) is 14.5. The van der Waals surface area contributed by atoms with Crippen molar-refractivity contribution in [1.82, 2.24) is 0 Å². The Morgan fingerprint density at radius 1 is 1.37 bits per heavy atom. The van der Waals surface area contributed by atoms with E-state index in [2.05, 4.69) is 0 Å². The Hall–Kier alpha value is -1.34. The van der Waals surface area contributed by atoms with Gasteiger partial charge >= 0.3 is 0 Å². The summed E-state index contributed by atoms with van der Waals surface area (Å²) >= 11 is 0. The minimum absolute atomic E-state index is 0.0253. The first-order valence-electron chi connectivity index (χ1n) is 5.61. The van der Waals surface area contributed by atoms with E-state index in [-0.39, 0.29) is 24.0 Å². The van der Waals surface area contributed by atoms with Gasteiger partial charge in [-0.25, -0.2) is 8.42 Å². The lowest BCUT2D eigenvalue weighted by Crippen LogP contribution is -2.18. The van der Waals surface area contributed by atoms with Crippen molar-refractivity contribution in [1.29, 1.82) is 0 Å². The summed E-state index contributed by atoms with van der Waals surface area (Å²) < 4.78 is 27.3. The van der Waals surface area contributed by atoms with Gasteiger partial charge in [0.1, 0.15) is 5.75 Å². The molecule has 0 aliphatic rings. The lowest BCUT2D eigenvalue weighted by atomic mass is 10.1. The van der Waals surface area contributed by atoms with Crippen LogP contribution in [0.2, 0.25) is 0 Å². The molecule has 0 spiro atoms. The third-order valence-electron chi connectivity index (χ3n) is 2.55. The first kappa shape index (κ1) is 15.7. The standard InChI is InChI=1S/C11H14ClNO5S/c1-2-9(8-19(12,16)17)7-18-11-5-3-10(4-6-11)13(14)15/h3-6,9H,2,7-8H2,1H3. The molecule has 1 atom stereocenters. The molecule has 0 radical (unpaired) electrons. The molecular weight excluding hydrogens is 294 g/mol. The monoisotopic (exact) mass is 307 g/mol. The van der Waals surface area contributed by atoms with Crippen molar-refractivity contribution in [2.45, 2.75) is 13.3 Å². The average molecular weight is 308 g/mol. The summed E-state index contributed by atoms with van der Waals surface area (Å²) in [5, 5.41) is 10.5. The summed E-state index contributed by atoms with van der Waals surface area (Å²) in [5.74, 6) is 0.0895. The van der Waals surface area contributed by atoms with Crippen LogP contribution in [-0.4, -0.2) is 25.7 Å². The van der Waals surface area contributed by atoms with Gasteiger partial charge in [-0.05, 0) is 18.6 Å². The van der Waals surface area contributed by atoms with E-state index in [1.807, 2.05) is 6.92 Å². The molecule has 0 bridgehead atoms. The van der Waals surface area contributed by atoms with E-state index in [0.717, 1.165) is 0 Å². The summed E-state index contributed by atoms with van der Waals surface area (Å²) in [6.45, 7) is 2.03. The van der Waals surface area contributed by atoms with Gasteiger partial charge in [-0.1, -0.05) is 6.92 Å². The number of hydrogen-bond donors (Lipinski definition) is 0. The Labute approximate surface area is 115 Å². The summed E-state index contributed by atoms with van der Waals surface area (Å²) in [6, 6.07) is 5.60. The topological polar surface area (TPSA) is 86.5 Å². The van der Waals surface area contributed by atoms with E-state index in [1.165, 1.54) is 24.3 Å². The lowest BCUT2D eigenvalue weighted by molar-refractivity contribution is -0.384. The summed E-state index contributed by atoms with van der Waals surface area (Å²) in [6.07, 6.45) is 0.610. The second kappa shape index (κ2) is 6.72. The molecule has 8 heteroatoms. The Morgan fingerprint density at radius 3 is 2.37 bits per heavy atom. The van der Waals surface area contributed by atoms with Crippen molar-refractivity contribution in [3.05, 3.63) is 34.4 Å². The molecule has 6 nitrogen and oxygen atoms in total. The van der Waals surface area contributed by atoms with Gasteiger partial charge in [0.2, 0.25) is 9.05 Å². The van der Waals surface area contributed by atoms with Gasteiger partial charge in [0.05, 0.1) is 17.3 Å². The highest BCUT2D eigenvalue weighted by Crippen LogP contribution is 2.19. The van der Waals surface area contributed by atoms with Gasteiger partial charge in [-0.15, -0.1) is 0 Å². The number of nitrogens with zero attached hydrogens (tertiary/aromatic N) is 1. The van der Waals surface area contributed by atoms with E-state index < -0.39 is 14.0 Å². The summed E-state index contributed by atoms with van der Waals surface area (Å²) in [7, 11) is 1.63. The van der Waals surface area contributed by atoms with Crippen LogP contribution in [0.4, 0.5) is 5.69 Å². The van der Waals surface area contributed by atoms with Crippen LogP contribution in [0.15, 0.2) is 24.3 Å². The van der Waals surface area contributed by atoms with Crippen LogP contribution in [0.5, 0.6) is 5.75 Å². The first-order valence-corrected chi connectivity index (χ1v) is 8.09. The molecule has 0 heterocycles. The van der Waals surface area contributed by atoms with Crippen molar-refractivity contribution in [2.75, 3.05) is 12.4 Å². The van der Waals surface area contributed by atoms with Gasteiger partial charge in [-0.3, -0.25) is 10.1 Å². The van der Waals surface area contributed by atoms with Crippen LogP contribution in [0.25, 0.3) is 0 Å². The molecule has 0 saturated heterocycles. The number of benzene rings is 1. The lowest BCUT2D eigenvalue weighted by Gasteiger charge is -2.14. The van der Waals surface area contributed by atoms with Crippen LogP contribution in [0, 0.1) is 16.0 Å². The van der Waals surface area contributed by atoms with E-state index in [1.54, 1.807) is 0 Å². The molecule has 106 valence electrons. The van der Waals surface area contributed by atoms with E-state index in [9.17, 15) is 18.5 Å². The Balaban J connectivity index is 2.57. The number of ether oxygens (including phenoxy) is 1. The maximum atomic E-state index is 11.0. The van der Waals surface area contributed by atoms with Gasteiger partial charge in [0, 0.05) is 28.7 Å². The molecule has 0 amide bonds. The number of halogens is 1. The fourth-order valence-electron chi connectivity index (χ4n) is 1.44. The first-order chi connectivity index (χ1) is 8.81. The molecule has 0 aliphatic heterocycles. The molecule has 0 N–H and O–H groups in total. The van der Waals surface area contributed by atoms with Crippen molar-refractivity contribution in [3.63, 3.8) is 0 Å². The van der Waals surface area contributed by atoms with Crippen LogP contribution in [0.3, 0.4) is 0 Å². The highest BCUT2D eigenvalue weighted by Gasteiger charge is 2.16. The smallest absolute Gasteiger partial charge is 0.269 e. The zero-order valence-electron chi connectivity index (χ0n) is 10.3. The number of nitro groups is 1. The SMILES string of the molecule is CCC(COc1ccc([N+](=O)[O-])cc1)CS(=O)(=O)Cl. The van der Waals surface area contributed by atoms with Gasteiger partial charge in [-0.2, -0.15) is 0 Å². The molecule has 1 aromatic rings. The highest BCUT2D eigenvalue weighted by atomic mass is 35.7. The quantitative estimate of drug-likeness (QED) is 0.439. The average Bonchev–Trinajstić information content (AvgIpc) is 2.33. The second-order valence-electron chi connectivity index (χ2n) is 4.04. The maximum Gasteiger partial charge on any atom is 0.269 e. The molecule has 0 fully saturated rings. The molecule has 0 saturated carbocycles. The molecule has 19 heavy (non-hydrogen) atoms.